The Balaban J connectivity index is 2.25. The van der Waals surface area contributed by atoms with Crippen LogP contribution in [-0.2, 0) is 4.79 Å². The van der Waals surface area contributed by atoms with E-state index in [-0.39, 0.29) is 5.91 Å². The SMILES string of the molecule is CCCC[C@@H]1[C@@H]2CC[C@](C)([C@H]1NC(C)=O)C2(C)C. The van der Waals surface area contributed by atoms with E-state index in [0.717, 1.165) is 5.92 Å². The molecule has 0 aromatic rings. The molecule has 1 amide bonds. The van der Waals surface area contributed by atoms with Crippen LogP contribution in [0.1, 0.15) is 66.7 Å². The van der Waals surface area contributed by atoms with Gasteiger partial charge in [-0.2, -0.15) is 0 Å². The maximum absolute atomic E-state index is 11.5. The summed E-state index contributed by atoms with van der Waals surface area (Å²) >= 11 is 0. The molecule has 0 heterocycles. The van der Waals surface area contributed by atoms with E-state index in [0.29, 0.717) is 22.8 Å². The third kappa shape index (κ3) is 1.80. The van der Waals surface area contributed by atoms with Gasteiger partial charge in [0.2, 0.25) is 5.91 Å². The summed E-state index contributed by atoms with van der Waals surface area (Å²) in [4.78, 5) is 11.5. The highest BCUT2D eigenvalue weighted by molar-refractivity contribution is 5.73. The van der Waals surface area contributed by atoms with Crippen LogP contribution in [0.3, 0.4) is 0 Å². The summed E-state index contributed by atoms with van der Waals surface area (Å²) < 4.78 is 0. The van der Waals surface area contributed by atoms with Crippen molar-refractivity contribution in [3.63, 3.8) is 0 Å². The van der Waals surface area contributed by atoms with Gasteiger partial charge in [-0.25, -0.2) is 0 Å². The van der Waals surface area contributed by atoms with Crippen LogP contribution in [0.25, 0.3) is 0 Å². The topological polar surface area (TPSA) is 29.1 Å². The number of carbonyl (C=O) groups excluding carboxylic acids is 1. The van der Waals surface area contributed by atoms with Gasteiger partial charge in [-0.15, -0.1) is 0 Å². The van der Waals surface area contributed by atoms with E-state index in [1.165, 1.54) is 32.1 Å². The first-order valence-corrected chi connectivity index (χ1v) is 7.61. The molecule has 0 radical (unpaired) electrons. The number of nitrogens with one attached hydrogen (secondary N) is 1. The van der Waals surface area contributed by atoms with Gasteiger partial charge in [0.25, 0.3) is 0 Å². The molecule has 2 saturated carbocycles. The zero-order chi connectivity index (χ0) is 13.6. The Morgan fingerprint density at radius 1 is 1.33 bits per heavy atom. The first-order chi connectivity index (χ1) is 8.34. The van der Waals surface area contributed by atoms with Crippen molar-refractivity contribution in [3.05, 3.63) is 0 Å². The van der Waals surface area contributed by atoms with E-state index in [1.54, 1.807) is 6.92 Å². The molecular weight excluding hydrogens is 222 g/mol. The van der Waals surface area contributed by atoms with Crippen molar-refractivity contribution in [1.82, 2.24) is 5.32 Å². The van der Waals surface area contributed by atoms with E-state index in [9.17, 15) is 4.79 Å². The third-order valence-corrected chi connectivity index (χ3v) is 6.25. The molecule has 2 bridgehead atoms. The summed E-state index contributed by atoms with van der Waals surface area (Å²) in [6.45, 7) is 11.2. The molecular formula is C16H29NO. The maximum atomic E-state index is 11.5. The van der Waals surface area contributed by atoms with Crippen molar-refractivity contribution in [3.8, 4) is 0 Å². The van der Waals surface area contributed by atoms with Crippen LogP contribution in [0.2, 0.25) is 0 Å². The minimum Gasteiger partial charge on any atom is -0.353 e. The number of unbranched alkanes of at least 4 members (excludes halogenated alkanes) is 1. The van der Waals surface area contributed by atoms with Crippen LogP contribution in [0, 0.1) is 22.7 Å². The molecule has 2 fully saturated rings. The average molecular weight is 251 g/mol. The number of rotatable bonds is 4. The summed E-state index contributed by atoms with van der Waals surface area (Å²) in [6.07, 6.45) is 6.47. The van der Waals surface area contributed by atoms with Crippen LogP contribution in [-0.4, -0.2) is 11.9 Å². The van der Waals surface area contributed by atoms with E-state index in [2.05, 4.69) is 33.0 Å². The predicted octanol–water partition coefficient (Wildman–Crippen LogP) is 3.75. The number of fused-ring (bicyclic) bond motifs is 2. The van der Waals surface area contributed by atoms with Gasteiger partial charge in [0, 0.05) is 13.0 Å². The third-order valence-electron chi connectivity index (χ3n) is 6.25. The Kier molecular flexibility index (Phi) is 3.50. The number of hydrogen-bond acceptors (Lipinski definition) is 1. The molecule has 2 rings (SSSR count). The zero-order valence-electron chi connectivity index (χ0n) is 12.7. The zero-order valence-corrected chi connectivity index (χ0v) is 12.7. The molecule has 0 saturated heterocycles. The lowest BCUT2D eigenvalue weighted by Gasteiger charge is -2.40. The second kappa shape index (κ2) is 4.54. The lowest BCUT2D eigenvalue weighted by molar-refractivity contribution is -0.121. The highest BCUT2D eigenvalue weighted by Crippen LogP contribution is 2.68. The summed E-state index contributed by atoms with van der Waals surface area (Å²) in [6, 6.07) is 0.398. The van der Waals surface area contributed by atoms with Crippen LogP contribution < -0.4 is 5.32 Å². The van der Waals surface area contributed by atoms with Gasteiger partial charge in [0.1, 0.15) is 0 Å². The van der Waals surface area contributed by atoms with E-state index < -0.39 is 0 Å². The molecule has 0 spiro atoms. The molecule has 2 nitrogen and oxygen atoms in total. The van der Waals surface area contributed by atoms with E-state index in [4.69, 9.17) is 0 Å². The Bertz CT molecular complexity index is 336. The smallest absolute Gasteiger partial charge is 0.217 e. The van der Waals surface area contributed by atoms with Gasteiger partial charge >= 0.3 is 0 Å². The van der Waals surface area contributed by atoms with Crippen molar-refractivity contribution in [2.45, 2.75) is 72.8 Å². The van der Waals surface area contributed by atoms with Gasteiger partial charge in [-0.3, -0.25) is 4.79 Å². The molecule has 4 atom stereocenters. The minimum absolute atomic E-state index is 0.145. The first-order valence-electron chi connectivity index (χ1n) is 7.61. The normalized spacial score (nSPS) is 41.1. The average Bonchev–Trinajstić information content (AvgIpc) is 2.58. The summed E-state index contributed by atoms with van der Waals surface area (Å²) in [5.74, 6) is 1.64. The number of carbonyl (C=O) groups is 1. The van der Waals surface area contributed by atoms with Crippen molar-refractivity contribution in [2.24, 2.45) is 22.7 Å². The predicted molar refractivity (Wildman–Crippen MR) is 75.2 cm³/mol. The lowest BCUT2D eigenvalue weighted by atomic mass is 9.69. The minimum atomic E-state index is 0.145. The van der Waals surface area contributed by atoms with E-state index >= 15 is 0 Å². The standard InChI is InChI=1S/C16H29NO/c1-6-7-8-12-13-9-10-16(5,15(13,3)4)14(12)17-11(2)18/h12-14H,6-10H2,1-5H3,(H,17,18)/t12-,13+,14+,16-/m1/s1. The Labute approximate surface area is 112 Å². The summed E-state index contributed by atoms with van der Waals surface area (Å²) in [5, 5.41) is 3.29. The van der Waals surface area contributed by atoms with Crippen LogP contribution in [0.4, 0.5) is 0 Å². The van der Waals surface area contributed by atoms with Crippen molar-refractivity contribution in [1.29, 1.82) is 0 Å². The molecule has 0 aliphatic heterocycles. The molecule has 0 aromatic carbocycles. The fraction of sp³-hybridized carbons (Fsp3) is 0.938. The maximum Gasteiger partial charge on any atom is 0.217 e. The van der Waals surface area contributed by atoms with Gasteiger partial charge < -0.3 is 5.32 Å². The summed E-state index contributed by atoms with van der Waals surface area (Å²) in [7, 11) is 0. The lowest BCUT2D eigenvalue weighted by Crippen LogP contribution is -2.49. The molecule has 0 unspecified atom stereocenters. The molecule has 0 aromatic heterocycles. The van der Waals surface area contributed by atoms with Crippen LogP contribution in [0.5, 0.6) is 0 Å². The monoisotopic (exact) mass is 251 g/mol. The second-order valence-electron chi connectivity index (χ2n) is 7.27. The number of hydrogen-bond donors (Lipinski definition) is 1. The van der Waals surface area contributed by atoms with Crippen molar-refractivity contribution >= 4 is 5.91 Å². The Morgan fingerprint density at radius 2 is 2.00 bits per heavy atom. The molecule has 18 heavy (non-hydrogen) atoms. The summed E-state index contributed by atoms with van der Waals surface area (Å²) in [5.41, 5.74) is 0.667. The van der Waals surface area contributed by atoms with Gasteiger partial charge in [0.15, 0.2) is 0 Å². The molecule has 2 aliphatic rings. The second-order valence-corrected chi connectivity index (χ2v) is 7.27. The molecule has 2 aliphatic carbocycles. The first kappa shape index (κ1) is 13.9. The van der Waals surface area contributed by atoms with Crippen LogP contribution in [0.15, 0.2) is 0 Å². The molecule has 104 valence electrons. The Hall–Kier alpha value is -0.530. The highest BCUT2D eigenvalue weighted by Gasteiger charge is 2.65. The van der Waals surface area contributed by atoms with Crippen molar-refractivity contribution in [2.75, 3.05) is 0 Å². The van der Waals surface area contributed by atoms with Crippen molar-refractivity contribution < 1.29 is 4.79 Å². The van der Waals surface area contributed by atoms with Gasteiger partial charge in [0.05, 0.1) is 0 Å². The van der Waals surface area contributed by atoms with Gasteiger partial charge in [-0.1, -0.05) is 40.5 Å². The van der Waals surface area contributed by atoms with E-state index in [1.807, 2.05) is 0 Å². The molecule has 1 N–H and O–H groups in total. The fourth-order valence-corrected chi connectivity index (χ4v) is 4.87. The van der Waals surface area contributed by atoms with Crippen LogP contribution >= 0.6 is 0 Å². The number of amides is 1. The Morgan fingerprint density at radius 3 is 2.56 bits per heavy atom. The highest BCUT2D eigenvalue weighted by atomic mass is 16.1. The quantitative estimate of drug-likeness (QED) is 0.810. The fourth-order valence-electron chi connectivity index (χ4n) is 4.87. The molecule has 2 heteroatoms. The largest absolute Gasteiger partial charge is 0.353 e. The van der Waals surface area contributed by atoms with Gasteiger partial charge in [-0.05, 0) is 41.9 Å².